The van der Waals surface area contributed by atoms with E-state index < -0.39 is 0 Å². The molecule has 0 unspecified atom stereocenters. The van der Waals surface area contributed by atoms with Crippen molar-refractivity contribution in [3.63, 3.8) is 0 Å². The Hall–Kier alpha value is -1.89. The summed E-state index contributed by atoms with van der Waals surface area (Å²) < 4.78 is 11.6. The number of H-pyrrole nitrogens is 1. The topological polar surface area (TPSA) is 50.4 Å². The number of pyridine rings is 1. The maximum atomic E-state index is 6.41. The summed E-state index contributed by atoms with van der Waals surface area (Å²) in [6, 6.07) is 8.50. The van der Waals surface area contributed by atoms with Gasteiger partial charge < -0.3 is 14.5 Å². The van der Waals surface area contributed by atoms with E-state index in [0.717, 1.165) is 63.0 Å². The summed E-state index contributed by atoms with van der Waals surface area (Å²) in [5.41, 5.74) is 4.68. The molecule has 5 nitrogen and oxygen atoms in total. The minimum absolute atomic E-state index is 0.0522. The lowest BCUT2D eigenvalue weighted by Gasteiger charge is -2.44. The zero-order valence-electron chi connectivity index (χ0n) is 16.6. The average Bonchev–Trinajstić information content (AvgIpc) is 3.33. The highest BCUT2D eigenvalue weighted by atomic mass is 32.1. The molecule has 0 bridgehead atoms. The van der Waals surface area contributed by atoms with E-state index in [9.17, 15) is 0 Å². The summed E-state index contributed by atoms with van der Waals surface area (Å²) in [6.45, 7) is 6.15. The van der Waals surface area contributed by atoms with Crippen LogP contribution in [0.25, 0.3) is 11.0 Å². The molecule has 1 N–H and O–H groups in total. The molecule has 148 valence electrons. The Labute approximate surface area is 169 Å². The van der Waals surface area contributed by atoms with E-state index >= 15 is 0 Å². The molecule has 0 amide bonds. The fourth-order valence-corrected chi connectivity index (χ4v) is 5.80. The fourth-order valence-electron chi connectivity index (χ4n) is 4.62. The SMILES string of the molecule is CCc1cc2c(s1)CCOC21CCN(Cc2cc3nc(OC)ccc3[nH]2)CC1. The molecular formula is C22H27N3O2S. The van der Waals surface area contributed by atoms with Crippen molar-refractivity contribution >= 4 is 22.4 Å². The van der Waals surface area contributed by atoms with Gasteiger partial charge >= 0.3 is 0 Å². The highest BCUT2D eigenvalue weighted by Gasteiger charge is 2.41. The predicted molar refractivity (Wildman–Crippen MR) is 112 cm³/mol. The van der Waals surface area contributed by atoms with Gasteiger partial charge in [-0.3, -0.25) is 4.90 Å². The van der Waals surface area contributed by atoms with E-state index in [1.54, 1.807) is 12.0 Å². The van der Waals surface area contributed by atoms with Crippen LogP contribution in [0, 0.1) is 0 Å². The van der Waals surface area contributed by atoms with Crippen LogP contribution in [0.4, 0.5) is 0 Å². The molecule has 28 heavy (non-hydrogen) atoms. The Morgan fingerprint density at radius 2 is 2.14 bits per heavy atom. The van der Waals surface area contributed by atoms with E-state index in [4.69, 9.17) is 9.47 Å². The van der Waals surface area contributed by atoms with E-state index in [0.29, 0.717) is 5.88 Å². The third-order valence-corrected chi connectivity index (χ3v) is 7.52. The van der Waals surface area contributed by atoms with Gasteiger partial charge in [-0.05, 0) is 43.0 Å². The molecule has 2 aliphatic heterocycles. The Morgan fingerprint density at radius 1 is 1.29 bits per heavy atom. The van der Waals surface area contributed by atoms with Crippen LogP contribution >= 0.6 is 11.3 Å². The van der Waals surface area contributed by atoms with Crippen molar-refractivity contribution in [2.45, 2.75) is 44.8 Å². The lowest BCUT2D eigenvalue weighted by Crippen LogP contribution is -2.45. The van der Waals surface area contributed by atoms with Crippen molar-refractivity contribution < 1.29 is 9.47 Å². The number of likely N-dealkylation sites (tertiary alicyclic amines) is 1. The molecule has 2 aliphatic rings. The number of aryl methyl sites for hydroxylation is 1. The second-order valence-electron chi connectivity index (χ2n) is 7.85. The number of hydrogen-bond acceptors (Lipinski definition) is 5. The van der Waals surface area contributed by atoms with E-state index in [-0.39, 0.29) is 5.60 Å². The molecule has 0 aromatic carbocycles. The molecular weight excluding hydrogens is 370 g/mol. The zero-order valence-corrected chi connectivity index (χ0v) is 17.4. The van der Waals surface area contributed by atoms with Crippen molar-refractivity contribution in [2.24, 2.45) is 0 Å². The Balaban J connectivity index is 1.30. The normalized spacial score (nSPS) is 19.2. The Kier molecular flexibility index (Phi) is 4.65. The maximum Gasteiger partial charge on any atom is 0.213 e. The standard InChI is InChI=1S/C22H27N3O2S/c1-3-16-13-17-20(28-16)6-11-27-22(17)7-9-25(10-8-22)14-15-12-19-18(23-15)4-5-21(24-19)26-2/h4-5,12-13,23H,3,6-11,14H2,1-2H3. The summed E-state index contributed by atoms with van der Waals surface area (Å²) in [5.74, 6) is 0.658. The van der Waals surface area contributed by atoms with Crippen LogP contribution in [-0.2, 0) is 29.7 Å². The first-order chi connectivity index (χ1) is 13.7. The van der Waals surface area contributed by atoms with Gasteiger partial charge in [0.05, 0.1) is 30.4 Å². The van der Waals surface area contributed by atoms with Gasteiger partial charge in [0.15, 0.2) is 0 Å². The van der Waals surface area contributed by atoms with E-state index in [1.165, 1.54) is 16.1 Å². The highest BCUT2D eigenvalue weighted by Crippen LogP contribution is 2.44. The number of aromatic nitrogens is 2. The third kappa shape index (κ3) is 3.13. The second kappa shape index (κ2) is 7.17. The van der Waals surface area contributed by atoms with Crippen LogP contribution in [0.15, 0.2) is 24.3 Å². The van der Waals surface area contributed by atoms with E-state index in [1.807, 2.05) is 23.5 Å². The molecule has 0 atom stereocenters. The molecule has 5 heterocycles. The number of thiophene rings is 1. The number of piperidine rings is 1. The summed E-state index contributed by atoms with van der Waals surface area (Å²) in [7, 11) is 1.65. The molecule has 3 aromatic rings. The largest absolute Gasteiger partial charge is 0.481 e. The molecule has 6 heteroatoms. The van der Waals surface area contributed by atoms with Crippen molar-refractivity contribution in [1.29, 1.82) is 0 Å². The van der Waals surface area contributed by atoms with Crippen LogP contribution in [-0.4, -0.2) is 41.7 Å². The van der Waals surface area contributed by atoms with Crippen molar-refractivity contribution in [2.75, 3.05) is 26.8 Å². The molecule has 0 radical (unpaired) electrons. The zero-order chi connectivity index (χ0) is 19.1. The van der Waals surface area contributed by atoms with Gasteiger partial charge in [-0.2, -0.15) is 0 Å². The summed E-state index contributed by atoms with van der Waals surface area (Å²) in [4.78, 5) is 13.6. The fraction of sp³-hybridized carbons (Fsp3) is 0.500. The lowest BCUT2D eigenvalue weighted by atomic mass is 9.82. The predicted octanol–water partition coefficient (Wildman–Crippen LogP) is 4.26. The van der Waals surface area contributed by atoms with Gasteiger partial charge in [-0.1, -0.05) is 6.92 Å². The Bertz CT molecular complexity index is 985. The molecule has 1 spiro atoms. The van der Waals surface area contributed by atoms with Crippen LogP contribution in [0.3, 0.4) is 0 Å². The van der Waals surface area contributed by atoms with Gasteiger partial charge in [-0.25, -0.2) is 4.98 Å². The van der Waals surface area contributed by atoms with Crippen molar-refractivity contribution in [3.05, 3.63) is 45.3 Å². The number of aromatic amines is 1. The van der Waals surface area contributed by atoms with Crippen molar-refractivity contribution in [1.82, 2.24) is 14.9 Å². The van der Waals surface area contributed by atoms with Gasteiger partial charge in [0.2, 0.25) is 5.88 Å². The summed E-state index contributed by atoms with van der Waals surface area (Å²) in [5, 5.41) is 0. The van der Waals surface area contributed by atoms with Gasteiger partial charge in [0.1, 0.15) is 0 Å². The quantitative estimate of drug-likeness (QED) is 0.715. The second-order valence-corrected chi connectivity index (χ2v) is 9.07. The van der Waals surface area contributed by atoms with Gasteiger partial charge in [0, 0.05) is 47.6 Å². The smallest absolute Gasteiger partial charge is 0.213 e. The highest BCUT2D eigenvalue weighted by molar-refractivity contribution is 7.12. The molecule has 0 saturated carbocycles. The first kappa shape index (κ1) is 18.2. The summed E-state index contributed by atoms with van der Waals surface area (Å²) in [6.07, 6.45) is 4.36. The lowest BCUT2D eigenvalue weighted by molar-refractivity contribution is -0.0981. The molecule has 1 saturated heterocycles. The Morgan fingerprint density at radius 3 is 2.93 bits per heavy atom. The monoisotopic (exact) mass is 397 g/mol. The van der Waals surface area contributed by atoms with Crippen molar-refractivity contribution in [3.8, 4) is 5.88 Å². The van der Waals surface area contributed by atoms with Crippen LogP contribution in [0.5, 0.6) is 5.88 Å². The number of nitrogens with zero attached hydrogens (tertiary/aromatic N) is 2. The number of fused-ring (bicyclic) bond motifs is 3. The van der Waals surface area contributed by atoms with Crippen LogP contribution in [0.2, 0.25) is 0 Å². The van der Waals surface area contributed by atoms with Gasteiger partial charge in [-0.15, -0.1) is 11.3 Å². The average molecular weight is 398 g/mol. The first-order valence-corrected chi connectivity index (χ1v) is 11.0. The maximum absolute atomic E-state index is 6.41. The first-order valence-electron chi connectivity index (χ1n) is 10.2. The number of hydrogen-bond donors (Lipinski definition) is 1. The number of methoxy groups -OCH3 is 1. The minimum Gasteiger partial charge on any atom is -0.481 e. The molecule has 1 fully saturated rings. The van der Waals surface area contributed by atoms with Crippen LogP contribution in [0.1, 0.15) is 40.8 Å². The van der Waals surface area contributed by atoms with E-state index in [2.05, 4.69) is 33.9 Å². The third-order valence-electron chi connectivity index (χ3n) is 6.18. The molecule has 5 rings (SSSR count). The van der Waals surface area contributed by atoms with Crippen LogP contribution < -0.4 is 4.74 Å². The molecule has 3 aromatic heterocycles. The number of rotatable bonds is 4. The molecule has 0 aliphatic carbocycles. The summed E-state index contributed by atoms with van der Waals surface area (Å²) >= 11 is 2.00. The minimum atomic E-state index is -0.0522. The van der Waals surface area contributed by atoms with Gasteiger partial charge in [0.25, 0.3) is 0 Å². The number of nitrogens with one attached hydrogen (secondary N) is 1. The number of ether oxygens (including phenoxy) is 2.